The van der Waals surface area contributed by atoms with Crippen molar-refractivity contribution in [1.29, 1.82) is 0 Å². The molecule has 15 heteroatoms. The van der Waals surface area contributed by atoms with E-state index in [0.717, 1.165) is 0 Å². The molecule has 15 heavy (non-hydrogen) atoms. The van der Waals surface area contributed by atoms with Crippen molar-refractivity contribution < 1.29 is 97.8 Å². The average Bonchev–Trinajstić information content (AvgIpc) is 0.722. The number of hydrogen-bond donors (Lipinski definition) is 2. The molecule has 0 aromatic rings. The first-order chi connectivity index (χ1) is 2.00. The Morgan fingerprint density at radius 3 is 0.600 bits per heavy atom. The summed E-state index contributed by atoms with van der Waals surface area (Å²) in [6, 6.07) is 0. The van der Waals surface area contributed by atoms with Crippen LogP contribution in [0.2, 0.25) is 0 Å². The Balaban J connectivity index is -0.00000000145. The van der Waals surface area contributed by atoms with Crippen molar-refractivity contribution in [2.75, 3.05) is 0 Å². The van der Waals surface area contributed by atoms with Crippen LogP contribution in [0.5, 0.6) is 0 Å². The minimum absolute atomic E-state index is 0. The van der Waals surface area contributed by atoms with Gasteiger partial charge in [-0.1, -0.05) is 0 Å². The fourth-order valence-electron chi connectivity index (χ4n) is 0. The van der Waals surface area contributed by atoms with Gasteiger partial charge in [0, 0.05) is 0 Å². The van der Waals surface area contributed by atoms with Gasteiger partial charge in [-0.05, 0) is 0 Å². The van der Waals surface area contributed by atoms with Crippen LogP contribution in [-0.2, 0) is 10.4 Å². The van der Waals surface area contributed by atoms with Gasteiger partial charge in [-0.2, -0.15) is 8.42 Å². The van der Waals surface area contributed by atoms with E-state index in [4.69, 9.17) is 17.5 Å². The molecule has 20 N–H and O–H groups in total. The number of hydrogen-bond acceptors (Lipinski definition) is 2. The van der Waals surface area contributed by atoms with E-state index in [1.807, 2.05) is 0 Å². The molecule has 0 radical (unpaired) electrons. The van der Waals surface area contributed by atoms with Crippen LogP contribution >= 0.6 is 0 Å². The molecule has 0 bridgehead atoms. The van der Waals surface area contributed by atoms with Crippen LogP contribution in [0, 0.1) is 0 Å². The molecule has 0 rings (SSSR count). The molecule has 0 aliphatic heterocycles. The Labute approximate surface area is 108 Å². The van der Waals surface area contributed by atoms with Gasteiger partial charge >= 0.3 is 40.0 Å². The topological polar surface area (TPSA) is 358 Å². The molecule has 0 aromatic carbocycles. The van der Waals surface area contributed by atoms with Crippen molar-refractivity contribution in [3.63, 3.8) is 0 Å². The summed E-state index contributed by atoms with van der Waals surface area (Å²) in [5.41, 5.74) is 0. The first kappa shape index (κ1) is 161. The van der Waals surface area contributed by atoms with Crippen molar-refractivity contribution in [2.45, 2.75) is 0 Å². The van der Waals surface area contributed by atoms with Gasteiger partial charge in [0.05, 0.1) is 0 Å². The number of rotatable bonds is 0. The smallest absolute Gasteiger partial charge is 1.00 e. The van der Waals surface area contributed by atoms with Crippen LogP contribution in [0.25, 0.3) is 0 Å². The Kier molecular flexibility index (Phi) is 669. The minimum atomic E-state index is -4.67. The molecule has 0 amide bonds. The molecule has 106 valence electrons. The van der Waals surface area contributed by atoms with Crippen LogP contribution in [0.15, 0.2) is 0 Å². The molecule has 0 unspecified atom stereocenters. The zero-order valence-corrected chi connectivity index (χ0v) is 10.4. The van der Waals surface area contributed by atoms with E-state index in [0.29, 0.717) is 0 Å². The van der Waals surface area contributed by atoms with Crippen molar-refractivity contribution in [1.82, 2.24) is 0 Å². The fourth-order valence-corrected chi connectivity index (χ4v) is 0. The van der Waals surface area contributed by atoms with E-state index in [9.17, 15) is 0 Å². The third-order valence-electron chi connectivity index (χ3n) is 0. The summed E-state index contributed by atoms with van der Waals surface area (Å²) in [6.45, 7) is 0. The van der Waals surface area contributed by atoms with Gasteiger partial charge in [0.1, 0.15) is 0 Å². The second kappa shape index (κ2) is 62.5. The summed E-state index contributed by atoms with van der Waals surface area (Å²) in [5.74, 6) is 0. The molecule has 0 atom stereocenters. The molecule has 0 aromatic heterocycles. The van der Waals surface area contributed by atoms with Crippen molar-refractivity contribution in [3.05, 3.63) is 0 Å². The molecule has 0 aliphatic carbocycles. The molecule has 0 saturated carbocycles. The second-order valence-corrected chi connectivity index (χ2v) is 1.34. The van der Waals surface area contributed by atoms with Crippen LogP contribution in [0.1, 0.15) is 1.43 Å². The second-order valence-electron chi connectivity index (χ2n) is 0.448. The quantitative estimate of drug-likeness (QED) is 0.322. The van der Waals surface area contributed by atoms with Gasteiger partial charge in [0.15, 0.2) is 0 Å². The fraction of sp³-hybridized carbons (Fsp3) is 0. The van der Waals surface area contributed by atoms with Crippen molar-refractivity contribution >= 4 is 10.4 Å². The molecular weight excluding hydrogens is 263 g/mol. The maximum absolute atomic E-state index is 8.74. The summed E-state index contributed by atoms with van der Waals surface area (Å²) in [4.78, 5) is 0. The molecule has 0 fully saturated rings. The van der Waals surface area contributed by atoms with E-state index in [1.54, 1.807) is 0 Å². The third-order valence-corrected chi connectivity index (χ3v) is 0. The van der Waals surface area contributed by atoms with Crippen molar-refractivity contribution in [3.8, 4) is 0 Å². The van der Waals surface area contributed by atoms with E-state index >= 15 is 0 Å². The van der Waals surface area contributed by atoms with Gasteiger partial charge in [-0.3, -0.25) is 9.11 Å². The van der Waals surface area contributed by atoms with Gasteiger partial charge in [0.25, 0.3) is 0 Å². The minimum Gasteiger partial charge on any atom is -1.00 e. The Morgan fingerprint density at radius 1 is 0.600 bits per heavy atom. The van der Waals surface area contributed by atoms with Gasteiger partial charge < -0.3 is 50.7 Å². The molecule has 0 heterocycles. The zero-order valence-electron chi connectivity index (χ0n) is 8.62. The predicted molar refractivity (Wildman–Crippen MR) is 47.8 cm³/mol. The predicted octanol–water partition coefficient (Wildman–Crippen LogP) is -11.0. The first-order valence-corrected chi connectivity index (χ1v) is 2.10. The molecule has 0 aliphatic rings. The Hall–Kier alpha value is 0.510. The van der Waals surface area contributed by atoms with E-state index in [2.05, 4.69) is 0 Å². The molecule has 13 nitrogen and oxygen atoms in total. The van der Waals surface area contributed by atoms with Gasteiger partial charge in [0.2, 0.25) is 0 Å². The van der Waals surface area contributed by atoms with Crippen LogP contribution in [-0.4, -0.2) is 66.8 Å². The SMILES string of the molecule is O.O.O.O.O.O.O.O.O.O=S(=O)(O)O.[H-].[Na+]. The summed E-state index contributed by atoms with van der Waals surface area (Å²) >= 11 is 0. The maximum Gasteiger partial charge on any atom is 1.00 e. The van der Waals surface area contributed by atoms with E-state index in [-0.39, 0.29) is 80.3 Å². The Morgan fingerprint density at radius 2 is 0.600 bits per heavy atom. The largest absolute Gasteiger partial charge is 1.00 e. The summed E-state index contributed by atoms with van der Waals surface area (Å²) < 4.78 is 31.6. The summed E-state index contributed by atoms with van der Waals surface area (Å²) in [5, 5.41) is 0. The molecule has 0 saturated heterocycles. The average molecular weight is 284 g/mol. The third kappa shape index (κ3) is 8730. The van der Waals surface area contributed by atoms with E-state index < -0.39 is 10.4 Å². The van der Waals surface area contributed by atoms with Crippen molar-refractivity contribution in [2.24, 2.45) is 0 Å². The summed E-state index contributed by atoms with van der Waals surface area (Å²) in [7, 11) is -4.67. The van der Waals surface area contributed by atoms with E-state index in [1.165, 1.54) is 0 Å². The van der Waals surface area contributed by atoms with Gasteiger partial charge in [-0.25, -0.2) is 0 Å². The zero-order chi connectivity index (χ0) is 4.50. The Bertz CT molecular complexity index is 99.1. The standard InChI is InChI=1S/Na.H2O4S.9H2O.H/c;1-5(2,3)4;;;;;;;;;;/h;(H2,1,2,3,4);9*1H2;/q+1;;;;;;;;;;;-1. The molecular formula is H21NaO13S. The van der Waals surface area contributed by atoms with Crippen LogP contribution < -0.4 is 29.6 Å². The first-order valence-electron chi connectivity index (χ1n) is 0.698. The van der Waals surface area contributed by atoms with Crippen LogP contribution in [0.4, 0.5) is 0 Å². The molecule has 0 spiro atoms. The summed E-state index contributed by atoms with van der Waals surface area (Å²) in [6.07, 6.45) is 0. The normalized spacial score (nSPS) is 3.87. The maximum atomic E-state index is 8.74. The monoisotopic (exact) mass is 284 g/mol. The van der Waals surface area contributed by atoms with Gasteiger partial charge in [-0.15, -0.1) is 0 Å². The van der Waals surface area contributed by atoms with Crippen LogP contribution in [0.3, 0.4) is 0 Å².